The Bertz CT molecular complexity index is 808. The first kappa shape index (κ1) is 19.4. The molecule has 7 heteroatoms. The highest BCUT2D eigenvalue weighted by atomic mass is 35.5. The molecule has 1 amide bonds. The lowest BCUT2D eigenvalue weighted by Crippen LogP contribution is -2.42. The molecule has 0 aliphatic heterocycles. The first-order valence-corrected chi connectivity index (χ1v) is 10.0. The number of carbonyl (C=O) groups is 1. The third-order valence-corrected chi connectivity index (χ3v) is 5.36. The Balaban J connectivity index is 2.05. The van der Waals surface area contributed by atoms with Crippen LogP contribution in [0.2, 0.25) is 5.02 Å². The first-order valence-electron chi connectivity index (χ1n) is 7.78. The summed E-state index contributed by atoms with van der Waals surface area (Å²) in [6.07, 6.45) is 1.62. The highest BCUT2D eigenvalue weighted by Crippen LogP contribution is 2.14. The second-order valence-electron chi connectivity index (χ2n) is 5.76. The van der Waals surface area contributed by atoms with E-state index in [9.17, 15) is 13.2 Å². The van der Waals surface area contributed by atoms with E-state index in [2.05, 4.69) is 0 Å². The minimum absolute atomic E-state index is 0.197. The quantitative estimate of drug-likeness (QED) is 0.742. The van der Waals surface area contributed by atoms with E-state index >= 15 is 0 Å². The maximum absolute atomic E-state index is 12.5. The summed E-state index contributed by atoms with van der Waals surface area (Å²) in [4.78, 5) is 13.9. The van der Waals surface area contributed by atoms with Gasteiger partial charge in [0.1, 0.15) is 0 Å². The highest BCUT2D eigenvalue weighted by Gasteiger charge is 2.22. The van der Waals surface area contributed by atoms with Crippen LogP contribution in [-0.4, -0.2) is 45.0 Å². The van der Waals surface area contributed by atoms with Crippen molar-refractivity contribution in [2.24, 2.45) is 0 Å². The lowest BCUT2D eigenvalue weighted by atomic mass is 10.1. The number of hydrogen-bond acceptors (Lipinski definition) is 3. The van der Waals surface area contributed by atoms with Crippen LogP contribution >= 0.6 is 11.6 Å². The number of hydrogen-bond donors (Lipinski definition) is 0. The Morgan fingerprint density at radius 1 is 1.04 bits per heavy atom. The molecular weight excluding hydrogens is 360 g/mol. The second-order valence-corrected chi connectivity index (χ2v) is 8.18. The zero-order valence-corrected chi connectivity index (χ0v) is 15.8. The maximum atomic E-state index is 12.5. The molecule has 134 valence electrons. The zero-order chi connectivity index (χ0) is 18.4. The van der Waals surface area contributed by atoms with Gasteiger partial charge in [0.15, 0.2) is 0 Å². The molecule has 0 radical (unpaired) electrons. The molecule has 0 fully saturated rings. The molecule has 0 unspecified atom stereocenters. The molecule has 5 nitrogen and oxygen atoms in total. The Kier molecular flexibility index (Phi) is 6.58. The topological polar surface area (TPSA) is 57.7 Å². The molecule has 0 bridgehead atoms. The molecule has 0 N–H and O–H groups in total. The number of para-hydroxylation sites is 1. The summed E-state index contributed by atoms with van der Waals surface area (Å²) in [6.45, 7) is 0.0344. The second kappa shape index (κ2) is 8.47. The lowest BCUT2D eigenvalue weighted by Gasteiger charge is -2.23. The summed E-state index contributed by atoms with van der Waals surface area (Å²) in [5, 5.41) is 0.628. The predicted molar refractivity (Wildman–Crippen MR) is 101 cm³/mol. The SMILES string of the molecule is CN(C(=O)CN(CCc1ccc(Cl)cc1)S(C)(=O)=O)c1ccccc1. The van der Waals surface area contributed by atoms with Crippen LogP contribution in [0.1, 0.15) is 5.56 Å². The monoisotopic (exact) mass is 380 g/mol. The smallest absolute Gasteiger partial charge is 0.242 e. The van der Waals surface area contributed by atoms with Gasteiger partial charge in [-0.25, -0.2) is 8.42 Å². The number of amides is 1. The van der Waals surface area contributed by atoms with Crippen molar-refractivity contribution in [3.05, 3.63) is 65.2 Å². The number of carbonyl (C=O) groups excluding carboxylic acids is 1. The van der Waals surface area contributed by atoms with Gasteiger partial charge in [-0.1, -0.05) is 41.9 Å². The van der Waals surface area contributed by atoms with Crippen LogP contribution in [-0.2, 0) is 21.2 Å². The van der Waals surface area contributed by atoms with E-state index in [1.165, 1.54) is 9.21 Å². The third kappa shape index (κ3) is 5.85. The van der Waals surface area contributed by atoms with Gasteiger partial charge in [-0.3, -0.25) is 4.79 Å². The molecule has 0 heterocycles. The van der Waals surface area contributed by atoms with E-state index in [0.29, 0.717) is 11.4 Å². The Hall–Kier alpha value is -1.89. The van der Waals surface area contributed by atoms with Crippen LogP contribution in [0.25, 0.3) is 0 Å². The van der Waals surface area contributed by atoms with Crippen molar-refractivity contribution < 1.29 is 13.2 Å². The fourth-order valence-corrected chi connectivity index (χ4v) is 3.21. The Morgan fingerprint density at radius 2 is 1.64 bits per heavy atom. The molecule has 2 rings (SSSR count). The van der Waals surface area contributed by atoms with Crippen molar-refractivity contribution in [3.63, 3.8) is 0 Å². The molecule has 0 spiro atoms. The van der Waals surface area contributed by atoms with Crippen molar-refractivity contribution in [2.75, 3.05) is 31.3 Å². The van der Waals surface area contributed by atoms with E-state index in [4.69, 9.17) is 11.6 Å². The standard InChI is InChI=1S/C18H21ClN2O3S/c1-20(17-6-4-3-5-7-17)18(22)14-21(25(2,23)24)13-12-15-8-10-16(19)11-9-15/h3-11H,12-14H2,1-2H3. The van der Waals surface area contributed by atoms with Crippen molar-refractivity contribution in [3.8, 4) is 0 Å². The average Bonchev–Trinajstić information content (AvgIpc) is 2.59. The summed E-state index contributed by atoms with van der Waals surface area (Å²) in [6, 6.07) is 16.3. The third-order valence-electron chi connectivity index (χ3n) is 3.86. The number of halogens is 1. The highest BCUT2D eigenvalue weighted by molar-refractivity contribution is 7.88. The minimum Gasteiger partial charge on any atom is -0.314 e. The summed E-state index contributed by atoms with van der Waals surface area (Å²) in [7, 11) is -1.86. The number of rotatable bonds is 7. The van der Waals surface area contributed by atoms with Crippen LogP contribution < -0.4 is 4.90 Å². The summed E-state index contributed by atoms with van der Waals surface area (Å²) in [5.41, 5.74) is 1.68. The van der Waals surface area contributed by atoms with Crippen LogP contribution in [0, 0.1) is 0 Å². The fraction of sp³-hybridized carbons (Fsp3) is 0.278. The fourth-order valence-electron chi connectivity index (χ4n) is 2.32. The molecule has 2 aromatic rings. The number of likely N-dealkylation sites (N-methyl/N-ethyl adjacent to an activating group) is 1. The first-order chi connectivity index (χ1) is 11.8. The van der Waals surface area contributed by atoms with Crippen molar-refractivity contribution in [1.29, 1.82) is 0 Å². The molecule has 25 heavy (non-hydrogen) atoms. The molecule has 2 aromatic carbocycles. The van der Waals surface area contributed by atoms with Gasteiger partial charge >= 0.3 is 0 Å². The molecule has 0 saturated carbocycles. The van der Waals surface area contributed by atoms with E-state index in [0.717, 1.165) is 17.5 Å². The summed E-state index contributed by atoms with van der Waals surface area (Å²) < 4.78 is 25.3. The van der Waals surface area contributed by atoms with Crippen molar-refractivity contribution in [1.82, 2.24) is 4.31 Å². The number of nitrogens with zero attached hydrogens (tertiary/aromatic N) is 2. The van der Waals surface area contributed by atoms with E-state index in [-0.39, 0.29) is 19.0 Å². The van der Waals surface area contributed by atoms with E-state index < -0.39 is 10.0 Å². The van der Waals surface area contributed by atoms with Gasteiger partial charge in [0.2, 0.25) is 15.9 Å². The van der Waals surface area contributed by atoms with E-state index in [1.54, 1.807) is 31.3 Å². The zero-order valence-electron chi connectivity index (χ0n) is 14.2. The molecular formula is C18H21ClN2O3S. The maximum Gasteiger partial charge on any atom is 0.242 e. The molecule has 0 aromatic heterocycles. The van der Waals surface area contributed by atoms with Crippen LogP contribution in [0.5, 0.6) is 0 Å². The number of sulfonamides is 1. The van der Waals surface area contributed by atoms with Crippen LogP contribution in [0.4, 0.5) is 5.69 Å². The largest absolute Gasteiger partial charge is 0.314 e. The van der Waals surface area contributed by atoms with Crippen LogP contribution in [0.3, 0.4) is 0 Å². The number of benzene rings is 2. The normalized spacial score (nSPS) is 11.5. The summed E-state index contributed by atoms with van der Waals surface area (Å²) in [5.74, 6) is -0.285. The van der Waals surface area contributed by atoms with Gasteiger partial charge in [-0.2, -0.15) is 4.31 Å². The summed E-state index contributed by atoms with van der Waals surface area (Å²) >= 11 is 5.85. The van der Waals surface area contributed by atoms with Crippen molar-refractivity contribution in [2.45, 2.75) is 6.42 Å². The van der Waals surface area contributed by atoms with Gasteiger partial charge in [0, 0.05) is 24.3 Å². The van der Waals surface area contributed by atoms with Gasteiger partial charge in [-0.15, -0.1) is 0 Å². The minimum atomic E-state index is -3.49. The Labute approximate surface area is 153 Å². The van der Waals surface area contributed by atoms with Crippen LogP contribution in [0.15, 0.2) is 54.6 Å². The molecule has 0 aliphatic carbocycles. The van der Waals surface area contributed by atoms with E-state index in [1.807, 2.05) is 30.3 Å². The van der Waals surface area contributed by atoms with Gasteiger partial charge in [0.05, 0.1) is 12.8 Å². The number of anilines is 1. The lowest BCUT2D eigenvalue weighted by molar-refractivity contribution is -0.118. The predicted octanol–water partition coefficient (Wildman–Crippen LogP) is 2.81. The van der Waals surface area contributed by atoms with Gasteiger partial charge < -0.3 is 4.90 Å². The Morgan fingerprint density at radius 3 is 2.20 bits per heavy atom. The van der Waals surface area contributed by atoms with Gasteiger partial charge in [-0.05, 0) is 36.2 Å². The van der Waals surface area contributed by atoms with Gasteiger partial charge in [0.25, 0.3) is 0 Å². The average molecular weight is 381 g/mol. The molecule has 0 saturated heterocycles. The molecule has 0 atom stereocenters. The van der Waals surface area contributed by atoms with Crippen molar-refractivity contribution >= 4 is 33.2 Å². The molecule has 0 aliphatic rings.